The third-order valence-electron chi connectivity index (χ3n) is 3.12. The number of carbonyl (C=O) groups excluding carboxylic acids is 2. The Labute approximate surface area is 131 Å². The lowest BCUT2D eigenvalue weighted by molar-refractivity contribution is -0.119. The van der Waals surface area contributed by atoms with E-state index >= 15 is 0 Å². The van der Waals surface area contributed by atoms with E-state index in [4.69, 9.17) is 4.74 Å². The van der Waals surface area contributed by atoms with Crippen molar-refractivity contribution in [3.63, 3.8) is 0 Å². The highest BCUT2D eigenvalue weighted by Crippen LogP contribution is 2.15. The number of nitrogens with one attached hydrogen (secondary N) is 2. The number of amides is 3. The van der Waals surface area contributed by atoms with Gasteiger partial charge in [0.2, 0.25) is 5.91 Å². The van der Waals surface area contributed by atoms with Crippen molar-refractivity contribution >= 4 is 23.3 Å². The first-order chi connectivity index (χ1) is 10.6. The number of anilines is 2. The average molecular weight is 307 g/mol. The lowest BCUT2D eigenvalue weighted by Gasteiger charge is -2.21. The molecule has 2 N–H and O–H groups in total. The number of carbonyl (C=O) groups is 2. The second-order valence-electron chi connectivity index (χ2n) is 4.93. The fourth-order valence-electron chi connectivity index (χ4n) is 1.96. The molecule has 1 aromatic rings. The molecule has 0 aliphatic rings. The van der Waals surface area contributed by atoms with Gasteiger partial charge in [0.15, 0.2) is 0 Å². The Bertz CT molecular complexity index is 491. The summed E-state index contributed by atoms with van der Waals surface area (Å²) >= 11 is 0. The summed E-state index contributed by atoms with van der Waals surface area (Å²) in [5.41, 5.74) is 1.27. The van der Waals surface area contributed by atoms with Crippen LogP contribution in [0.2, 0.25) is 0 Å². The number of hydrogen-bond donors (Lipinski definition) is 2. The molecule has 6 heteroatoms. The van der Waals surface area contributed by atoms with Gasteiger partial charge in [-0.15, -0.1) is 0 Å². The number of nitrogens with zero attached hydrogens (tertiary/aromatic N) is 1. The monoisotopic (exact) mass is 307 g/mol. The first-order valence-electron chi connectivity index (χ1n) is 7.55. The van der Waals surface area contributed by atoms with Crippen molar-refractivity contribution in [2.24, 2.45) is 0 Å². The van der Waals surface area contributed by atoms with Gasteiger partial charge in [-0.2, -0.15) is 0 Å². The Hall–Kier alpha value is -2.08. The Morgan fingerprint density at radius 2 is 1.86 bits per heavy atom. The molecule has 6 nitrogen and oxygen atoms in total. The van der Waals surface area contributed by atoms with Crippen LogP contribution < -0.4 is 10.6 Å². The van der Waals surface area contributed by atoms with Crippen LogP contribution in [0.4, 0.5) is 16.2 Å². The van der Waals surface area contributed by atoms with Gasteiger partial charge in [0.1, 0.15) is 6.61 Å². The van der Waals surface area contributed by atoms with E-state index in [1.807, 2.05) is 6.92 Å². The molecule has 0 saturated heterocycles. The number of ether oxygens (including phenoxy) is 1. The summed E-state index contributed by atoms with van der Waals surface area (Å²) < 4.78 is 4.77. The third kappa shape index (κ3) is 6.13. The molecule has 1 aromatic carbocycles. The summed E-state index contributed by atoms with van der Waals surface area (Å²) in [6.45, 7) is 5.45. The Morgan fingerprint density at radius 1 is 1.18 bits per heavy atom. The van der Waals surface area contributed by atoms with Crippen molar-refractivity contribution in [2.45, 2.75) is 26.7 Å². The molecule has 0 bridgehead atoms. The van der Waals surface area contributed by atoms with Gasteiger partial charge in [-0.1, -0.05) is 19.4 Å². The molecule has 0 unspecified atom stereocenters. The highest BCUT2D eigenvalue weighted by Gasteiger charge is 2.11. The molecule has 0 heterocycles. The van der Waals surface area contributed by atoms with Gasteiger partial charge in [0.25, 0.3) is 0 Å². The second-order valence-corrected chi connectivity index (χ2v) is 4.93. The van der Waals surface area contributed by atoms with Crippen molar-refractivity contribution in [1.82, 2.24) is 4.90 Å². The van der Waals surface area contributed by atoms with Crippen molar-refractivity contribution < 1.29 is 14.3 Å². The summed E-state index contributed by atoms with van der Waals surface area (Å²) in [5, 5.41) is 5.56. The number of hydrogen-bond acceptors (Lipinski definition) is 3. The first-order valence-corrected chi connectivity index (χ1v) is 7.55. The van der Waals surface area contributed by atoms with Crippen LogP contribution in [0.3, 0.4) is 0 Å². The van der Waals surface area contributed by atoms with E-state index in [1.54, 1.807) is 29.2 Å². The average Bonchev–Trinajstić information content (AvgIpc) is 2.48. The molecule has 0 saturated carbocycles. The van der Waals surface area contributed by atoms with E-state index in [0.717, 1.165) is 19.4 Å². The quantitative estimate of drug-likeness (QED) is 0.775. The van der Waals surface area contributed by atoms with Crippen molar-refractivity contribution in [3.05, 3.63) is 24.3 Å². The first kappa shape index (κ1) is 18.0. The smallest absolute Gasteiger partial charge is 0.321 e. The van der Waals surface area contributed by atoms with Gasteiger partial charge < -0.3 is 20.3 Å². The van der Waals surface area contributed by atoms with E-state index in [1.165, 1.54) is 7.11 Å². The number of benzene rings is 1. The van der Waals surface area contributed by atoms with E-state index in [2.05, 4.69) is 17.6 Å². The maximum Gasteiger partial charge on any atom is 0.321 e. The predicted molar refractivity (Wildman–Crippen MR) is 88.1 cm³/mol. The predicted octanol–water partition coefficient (Wildman–Crippen LogP) is 2.93. The molecule has 3 amide bonds. The molecule has 22 heavy (non-hydrogen) atoms. The number of urea groups is 1. The number of unbranched alkanes of at least 4 members (excludes halogenated alkanes) is 1. The second kappa shape index (κ2) is 9.78. The molecule has 0 fully saturated rings. The van der Waals surface area contributed by atoms with Crippen LogP contribution in [-0.4, -0.2) is 43.6 Å². The third-order valence-corrected chi connectivity index (χ3v) is 3.12. The summed E-state index contributed by atoms with van der Waals surface area (Å²) in [4.78, 5) is 25.4. The van der Waals surface area contributed by atoms with Crippen molar-refractivity contribution in [1.29, 1.82) is 0 Å². The Morgan fingerprint density at radius 3 is 2.45 bits per heavy atom. The summed E-state index contributed by atoms with van der Waals surface area (Å²) in [7, 11) is 1.46. The minimum atomic E-state index is -0.232. The molecular weight excluding hydrogens is 282 g/mol. The van der Waals surface area contributed by atoms with Gasteiger partial charge in [-0.25, -0.2) is 4.79 Å². The van der Waals surface area contributed by atoms with Crippen molar-refractivity contribution in [2.75, 3.05) is 37.4 Å². The van der Waals surface area contributed by atoms with Gasteiger partial charge >= 0.3 is 6.03 Å². The Kier molecular flexibility index (Phi) is 7.99. The van der Waals surface area contributed by atoms with Gasteiger partial charge in [0, 0.05) is 31.6 Å². The standard InChI is InChI=1S/C16H25N3O3/c1-4-6-10-19(5-2)16(21)18-14-9-7-8-13(11-14)17-15(20)12-22-3/h7-9,11H,4-6,10,12H2,1-3H3,(H,17,20)(H,18,21). The summed E-state index contributed by atoms with van der Waals surface area (Å²) in [6.07, 6.45) is 2.03. The zero-order valence-electron chi connectivity index (χ0n) is 13.5. The highest BCUT2D eigenvalue weighted by atomic mass is 16.5. The fourth-order valence-corrected chi connectivity index (χ4v) is 1.96. The van der Waals surface area contributed by atoms with Gasteiger partial charge in [0.05, 0.1) is 0 Å². The lowest BCUT2D eigenvalue weighted by Crippen LogP contribution is -2.35. The topological polar surface area (TPSA) is 70.7 Å². The molecular formula is C16H25N3O3. The van der Waals surface area contributed by atoms with Gasteiger partial charge in [-0.05, 0) is 31.5 Å². The molecule has 0 spiro atoms. The van der Waals surface area contributed by atoms with E-state index < -0.39 is 0 Å². The maximum absolute atomic E-state index is 12.2. The number of methoxy groups -OCH3 is 1. The van der Waals surface area contributed by atoms with Crippen LogP contribution in [0.1, 0.15) is 26.7 Å². The van der Waals surface area contributed by atoms with E-state index in [9.17, 15) is 9.59 Å². The summed E-state index contributed by atoms with van der Waals surface area (Å²) in [5.74, 6) is -0.232. The molecule has 0 radical (unpaired) electrons. The van der Waals surface area contributed by atoms with Crippen LogP contribution in [0.25, 0.3) is 0 Å². The zero-order valence-corrected chi connectivity index (χ0v) is 13.5. The molecule has 0 aliphatic heterocycles. The molecule has 0 aromatic heterocycles. The van der Waals surface area contributed by atoms with Crippen LogP contribution in [-0.2, 0) is 9.53 Å². The molecule has 122 valence electrons. The van der Waals surface area contributed by atoms with Crippen LogP contribution >= 0.6 is 0 Å². The van der Waals surface area contributed by atoms with Gasteiger partial charge in [-0.3, -0.25) is 4.79 Å². The normalized spacial score (nSPS) is 10.1. The molecule has 0 atom stereocenters. The minimum Gasteiger partial charge on any atom is -0.375 e. The largest absolute Gasteiger partial charge is 0.375 e. The molecule has 1 rings (SSSR count). The van der Waals surface area contributed by atoms with Crippen LogP contribution in [0, 0.1) is 0 Å². The van der Waals surface area contributed by atoms with E-state index in [0.29, 0.717) is 17.9 Å². The number of rotatable bonds is 8. The highest BCUT2D eigenvalue weighted by molar-refractivity contribution is 5.94. The van der Waals surface area contributed by atoms with Crippen LogP contribution in [0.15, 0.2) is 24.3 Å². The lowest BCUT2D eigenvalue weighted by atomic mass is 10.2. The molecule has 0 aliphatic carbocycles. The summed E-state index contributed by atoms with van der Waals surface area (Å²) in [6, 6.07) is 6.92. The SMILES string of the molecule is CCCCN(CC)C(=O)Nc1cccc(NC(=O)COC)c1. The minimum absolute atomic E-state index is 0.00276. The maximum atomic E-state index is 12.2. The fraction of sp³-hybridized carbons (Fsp3) is 0.500. The van der Waals surface area contributed by atoms with Crippen LogP contribution in [0.5, 0.6) is 0 Å². The Balaban J connectivity index is 2.65. The van der Waals surface area contributed by atoms with Crippen molar-refractivity contribution in [3.8, 4) is 0 Å². The zero-order chi connectivity index (χ0) is 16.4. The van der Waals surface area contributed by atoms with E-state index in [-0.39, 0.29) is 18.5 Å².